The number of esters is 4. The molecule has 0 saturated heterocycles. The summed E-state index contributed by atoms with van der Waals surface area (Å²) >= 11 is 0. The number of carbonyl (C=O) groups excluding carboxylic acids is 4. The third kappa shape index (κ3) is 80.7. The van der Waals surface area contributed by atoms with Gasteiger partial charge in [0.15, 0.2) is 12.2 Å². The maximum absolute atomic E-state index is 13.2. The summed E-state index contributed by atoms with van der Waals surface area (Å²) in [6, 6.07) is 0. The lowest BCUT2D eigenvalue weighted by atomic mass is 9.99. The highest BCUT2D eigenvalue weighted by Gasteiger charge is 2.31. The molecule has 642 valence electrons. The van der Waals surface area contributed by atoms with Crippen LogP contribution in [0.4, 0.5) is 0 Å². The van der Waals surface area contributed by atoms with Gasteiger partial charge < -0.3 is 33.8 Å². The second-order valence-corrected chi connectivity index (χ2v) is 35.6. The molecule has 0 aliphatic carbocycles. The van der Waals surface area contributed by atoms with E-state index in [4.69, 9.17) is 37.0 Å². The molecule has 17 nitrogen and oxygen atoms in total. The third-order valence-electron chi connectivity index (χ3n) is 21.3. The van der Waals surface area contributed by atoms with E-state index in [0.29, 0.717) is 25.7 Å². The number of rotatable bonds is 88. The molecule has 0 amide bonds. The van der Waals surface area contributed by atoms with Gasteiger partial charge in [-0.15, -0.1) is 0 Å². The van der Waals surface area contributed by atoms with Crippen LogP contribution in [0, 0.1) is 11.8 Å². The number of aliphatic hydroxyl groups excluding tert-OH is 1. The summed E-state index contributed by atoms with van der Waals surface area (Å²) in [4.78, 5) is 73.3. The van der Waals surface area contributed by atoms with Crippen molar-refractivity contribution in [2.24, 2.45) is 11.8 Å². The molecular weight excluding hydrogens is 1400 g/mol. The number of carbonyl (C=O) groups is 4. The van der Waals surface area contributed by atoms with Crippen LogP contribution in [0.3, 0.4) is 0 Å². The van der Waals surface area contributed by atoms with Crippen LogP contribution in [-0.2, 0) is 65.4 Å². The zero-order chi connectivity index (χ0) is 79.2. The Morgan fingerprint density at radius 1 is 0.269 bits per heavy atom. The van der Waals surface area contributed by atoms with Gasteiger partial charge in [-0.2, -0.15) is 0 Å². The van der Waals surface area contributed by atoms with Crippen molar-refractivity contribution < 1.29 is 80.2 Å². The van der Waals surface area contributed by atoms with Gasteiger partial charge in [-0.05, 0) is 37.5 Å². The van der Waals surface area contributed by atoms with Gasteiger partial charge >= 0.3 is 39.5 Å². The molecule has 0 bridgehead atoms. The summed E-state index contributed by atoms with van der Waals surface area (Å²) in [7, 11) is -9.93. The molecule has 3 unspecified atom stereocenters. The second-order valence-electron chi connectivity index (χ2n) is 32.7. The Bertz CT molecular complexity index is 2070. The van der Waals surface area contributed by atoms with E-state index < -0.39 is 97.5 Å². The highest BCUT2D eigenvalue weighted by Crippen LogP contribution is 2.45. The minimum atomic E-state index is -4.97. The largest absolute Gasteiger partial charge is 0.472 e. The van der Waals surface area contributed by atoms with Crippen molar-refractivity contribution in [2.45, 2.75) is 496 Å². The van der Waals surface area contributed by atoms with Crippen molar-refractivity contribution in [3.63, 3.8) is 0 Å². The number of aliphatic hydroxyl groups is 1. The first kappa shape index (κ1) is 106. The van der Waals surface area contributed by atoms with Gasteiger partial charge in [0.25, 0.3) is 0 Å². The first-order chi connectivity index (χ1) is 52.4. The van der Waals surface area contributed by atoms with Crippen molar-refractivity contribution in [1.82, 2.24) is 0 Å². The fraction of sp³-hybridized carbons (Fsp3) is 0.955. The molecule has 0 aromatic rings. The lowest BCUT2D eigenvalue weighted by Gasteiger charge is -2.21. The molecule has 0 aromatic heterocycles. The third-order valence-corrected chi connectivity index (χ3v) is 23.2. The van der Waals surface area contributed by atoms with Crippen LogP contribution in [0.5, 0.6) is 0 Å². The fourth-order valence-corrected chi connectivity index (χ4v) is 15.5. The minimum absolute atomic E-state index is 0.109. The number of phosphoric acid groups is 2. The highest BCUT2D eigenvalue weighted by atomic mass is 31.2. The smallest absolute Gasteiger partial charge is 0.462 e. The number of ether oxygens (including phenoxy) is 4. The molecule has 0 heterocycles. The van der Waals surface area contributed by atoms with E-state index in [2.05, 4.69) is 41.5 Å². The molecule has 0 aromatic carbocycles. The summed E-state index contributed by atoms with van der Waals surface area (Å²) in [5.41, 5.74) is 0. The summed E-state index contributed by atoms with van der Waals surface area (Å²) in [6.07, 6.45) is 73.5. The van der Waals surface area contributed by atoms with Crippen LogP contribution in [0.15, 0.2) is 0 Å². The lowest BCUT2D eigenvalue weighted by molar-refractivity contribution is -0.161. The molecule has 0 fully saturated rings. The highest BCUT2D eigenvalue weighted by molar-refractivity contribution is 7.47. The number of unbranched alkanes of at least 4 members (excludes halogenated alkanes) is 57. The molecule has 0 rings (SSSR count). The van der Waals surface area contributed by atoms with Crippen molar-refractivity contribution in [3.8, 4) is 0 Å². The molecular formula is C89H174O17P2. The average Bonchev–Trinajstić information content (AvgIpc) is 0.899. The molecule has 0 radical (unpaired) electrons. The van der Waals surface area contributed by atoms with Gasteiger partial charge in [0.2, 0.25) is 0 Å². The van der Waals surface area contributed by atoms with Gasteiger partial charge in [-0.3, -0.25) is 37.3 Å². The molecule has 0 aliphatic heterocycles. The summed E-state index contributed by atoms with van der Waals surface area (Å²) in [5.74, 6) is -0.412. The monoisotopic (exact) mass is 1580 g/mol. The van der Waals surface area contributed by atoms with E-state index in [9.17, 15) is 43.2 Å². The Hall–Kier alpha value is -1.94. The topological polar surface area (TPSA) is 237 Å². The van der Waals surface area contributed by atoms with E-state index in [0.717, 1.165) is 102 Å². The van der Waals surface area contributed by atoms with Crippen molar-refractivity contribution in [1.29, 1.82) is 0 Å². The summed E-state index contributed by atoms with van der Waals surface area (Å²) < 4.78 is 69.0. The first-order valence-electron chi connectivity index (χ1n) is 46.0. The van der Waals surface area contributed by atoms with E-state index in [1.165, 1.54) is 295 Å². The lowest BCUT2D eigenvalue weighted by Crippen LogP contribution is -2.30. The Morgan fingerprint density at radius 3 is 0.704 bits per heavy atom. The quantitative estimate of drug-likeness (QED) is 0.0222. The normalized spacial score (nSPS) is 14.0. The molecule has 19 heteroatoms. The molecule has 108 heavy (non-hydrogen) atoms. The predicted octanol–water partition coefficient (Wildman–Crippen LogP) is 27.4. The Morgan fingerprint density at radius 2 is 0.472 bits per heavy atom. The standard InChI is InChI=1S/C89H174O17P2/c1-7-10-12-14-16-18-20-22-29-37-43-49-55-61-67-73-88(93)105-84(77-99-86(91)71-65-59-53-47-41-21-19-17-15-13-11-8-2)79-103-107(95,96)101-75-83(90)76-102-108(97,98)104-80-85(78-100-87(92)72-66-60-54-48-42-36-32-28-27-30-34-39-45-51-57-63-69-81(4)5)106-89(94)74-68-62-56-50-44-38-33-26-24-23-25-31-35-40-46-52-58-64-70-82(6)9-3/h81-85,90H,7-80H2,1-6H3,(H,95,96)(H,97,98)/t82?,83-,84+,85+/m0/s1. The first-order valence-corrected chi connectivity index (χ1v) is 49.0. The van der Waals surface area contributed by atoms with E-state index in [-0.39, 0.29) is 25.7 Å². The van der Waals surface area contributed by atoms with E-state index >= 15 is 0 Å². The molecule has 6 atom stereocenters. The minimum Gasteiger partial charge on any atom is -0.462 e. The van der Waals surface area contributed by atoms with E-state index in [1.807, 2.05) is 0 Å². The van der Waals surface area contributed by atoms with Gasteiger partial charge in [-0.25, -0.2) is 9.13 Å². The Kier molecular flexibility index (Phi) is 78.8. The molecule has 0 spiro atoms. The maximum Gasteiger partial charge on any atom is 0.472 e. The van der Waals surface area contributed by atoms with Crippen LogP contribution >= 0.6 is 15.6 Å². The zero-order valence-electron chi connectivity index (χ0n) is 71.2. The van der Waals surface area contributed by atoms with Crippen LogP contribution in [0.2, 0.25) is 0 Å². The number of hydrogen-bond acceptors (Lipinski definition) is 15. The number of phosphoric ester groups is 2. The van der Waals surface area contributed by atoms with Crippen LogP contribution in [0.25, 0.3) is 0 Å². The Labute approximate surface area is 664 Å². The molecule has 0 aliphatic rings. The molecule has 0 saturated carbocycles. The van der Waals surface area contributed by atoms with Crippen LogP contribution < -0.4 is 0 Å². The van der Waals surface area contributed by atoms with Crippen LogP contribution in [-0.4, -0.2) is 96.7 Å². The van der Waals surface area contributed by atoms with Gasteiger partial charge in [0, 0.05) is 25.7 Å². The Balaban J connectivity index is 5.24. The van der Waals surface area contributed by atoms with Crippen molar-refractivity contribution in [3.05, 3.63) is 0 Å². The molecule has 3 N–H and O–H groups in total. The maximum atomic E-state index is 13.2. The fourth-order valence-electron chi connectivity index (χ4n) is 13.9. The van der Waals surface area contributed by atoms with Crippen LogP contribution in [0.1, 0.15) is 478 Å². The SMILES string of the molecule is CCCCCCCCCCCCCCCCCC(=O)O[C@H](COC(=O)CCCCCCCCCCCCCC)COP(=O)(O)OC[C@H](O)COP(=O)(O)OC[C@@H](COC(=O)CCCCCCCCCCCCCCCCCCC(C)C)OC(=O)CCCCCCCCCCCCCCCCCCCCC(C)CC. The zero-order valence-corrected chi connectivity index (χ0v) is 73.0. The average molecular weight is 1580 g/mol. The summed E-state index contributed by atoms with van der Waals surface area (Å²) in [6.45, 7) is 9.79. The number of hydrogen-bond donors (Lipinski definition) is 3. The van der Waals surface area contributed by atoms with Gasteiger partial charge in [0.05, 0.1) is 26.4 Å². The van der Waals surface area contributed by atoms with Gasteiger partial charge in [-0.1, -0.05) is 427 Å². The van der Waals surface area contributed by atoms with Crippen molar-refractivity contribution in [2.75, 3.05) is 39.6 Å². The van der Waals surface area contributed by atoms with Gasteiger partial charge in [0.1, 0.15) is 19.3 Å². The van der Waals surface area contributed by atoms with Crippen molar-refractivity contribution >= 4 is 39.5 Å². The summed E-state index contributed by atoms with van der Waals surface area (Å²) in [5, 5.41) is 10.7. The second kappa shape index (κ2) is 80.3. The predicted molar refractivity (Wildman–Crippen MR) is 446 cm³/mol. The van der Waals surface area contributed by atoms with E-state index in [1.54, 1.807) is 0 Å².